The van der Waals surface area contributed by atoms with Crippen molar-refractivity contribution in [3.05, 3.63) is 52.8 Å². The van der Waals surface area contributed by atoms with Gasteiger partial charge >= 0.3 is 5.97 Å². The highest BCUT2D eigenvalue weighted by atomic mass is 79.9. The molecule has 0 saturated heterocycles. The van der Waals surface area contributed by atoms with Crippen molar-refractivity contribution in [3.8, 4) is 5.75 Å². The lowest BCUT2D eigenvalue weighted by molar-refractivity contribution is -0.142. The first kappa shape index (κ1) is 16.3. The maximum Gasteiger partial charge on any atom is 0.306 e. The Hall–Kier alpha value is -2.08. The van der Waals surface area contributed by atoms with E-state index in [-0.39, 0.29) is 18.8 Å². The molecule has 6 heteroatoms. The summed E-state index contributed by atoms with van der Waals surface area (Å²) in [4.78, 5) is 25.9. The van der Waals surface area contributed by atoms with E-state index in [1.54, 1.807) is 18.3 Å². The van der Waals surface area contributed by atoms with Crippen LogP contribution < -0.4 is 4.74 Å². The second-order valence-electron chi connectivity index (χ2n) is 4.58. The third-order valence-corrected chi connectivity index (χ3v) is 3.35. The van der Waals surface area contributed by atoms with Crippen molar-refractivity contribution in [1.29, 1.82) is 0 Å². The van der Waals surface area contributed by atoms with Crippen molar-refractivity contribution in [2.45, 2.75) is 12.8 Å². The van der Waals surface area contributed by atoms with Crippen LogP contribution in [0.5, 0.6) is 5.75 Å². The van der Waals surface area contributed by atoms with Gasteiger partial charge in [-0.1, -0.05) is 22.0 Å². The van der Waals surface area contributed by atoms with Crippen LogP contribution in [-0.4, -0.2) is 30.0 Å². The second kappa shape index (κ2) is 8.38. The summed E-state index contributed by atoms with van der Waals surface area (Å²) in [6.07, 6.45) is 2.39. The predicted octanol–water partition coefficient (Wildman–Crippen LogP) is 3.36. The van der Waals surface area contributed by atoms with Crippen LogP contribution in [0.15, 0.2) is 47.1 Å². The average molecular weight is 366 g/mol. The Morgan fingerprint density at radius 2 is 2.05 bits per heavy atom. The summed E-state index contributed by atoms with van der Waals surface area (Å²) >= 11 is 3.36. The topological polar surface area (TPSA) is 68.4 Å². The molecule has 0 bridgehead atoms. The van der Waals surface area contributed by atoms with E-state index in [1.807, 2.05) is 24.3 Å². The Bertz CT molecular complexity index is 625. The van der Waals surface area contributed by atoms with Gasteiger partial charge in [-0.3, -0.25) is 9.59 Å². The molecule has 0 aliphatic rings. The monoisotopic (exact) mass is 365 g/mol. The number of hydrogen-bond donors (Lipinski definition) is 1. The van der Waals surface area contributed by atoms with Crippen LogP contribution in [-0.2, 0) is 9.53 Å². The highest BCUT2D eigenvalue weighted by molar-refractivity contribution is 9.10. The Labute approximate surface area is 136 Å². The minimum absolute atomic E-state index is 0.214. The maximum atomic E-state index is 11.6. The van der Waals surface area contributed by atoms with Crippen LogP contribution in [0.1, 0.15) is 23.3 Å². The summed E-state index contributed by atoms with van der Waals surface area (Å²) in [5.74, 6) is 0.0890. The molecule has 2 aromatic rings. The van der Waals surface area contributed by atoms with Crippen LogP contribution in [0.2, 0.25) is 0 Å². The van der Waals surface area contributed by atoms with Gasteiger partial charge in [-0.15, -0.1) is 0 Å². The van der Waals surface area contributed by atoms with Crippen molar-refractivity contribution in [3.63, 3.8) is 0 Å². The molecule has 5 nitrogen and oxygen atoms in total. The first-order valence-corrected chi connectivity index (χ1v) is 7.65. The smallest absolute Gasteiger partial charge is 0.306 e. The predicted molar refractivity (Wildman–Crippen MR) is 85.0 cm³/mol. The molecule has 1 N–H and O–H groups in total. The lowest BCUT2D eigenvalue weighted by atomic mass is 10.3. The molecule has 1 aromatic carbocycles. The van der Waals surface area contributed by atoms with Crippen molar-refractivity contribution in [2.24, 2.45) is 0 Å². The van der Waals surface area contributed by atoms with Crippen LogP contribution in [0.3, 0.4) is 0 Å². The molecule has 0 atom stereocenters. The minimum Gasteiger partial charge on any atom is -0.494 e. The molecule has 1 aromatic heterocycles. The molecule has 1 heterocycles. The summed E-state index contributed by atoms with van der Waals surface area (Å²) < 4.78 is 11.4. The van der Waals surface area contributed by atoms with E-state index in [2.05, 4.69) is 20.9 Å². The number of carbonyl (C=O) groups is 2. The molecule has 0 saturated carbocycles. The van der Waals surface area contributed by atoms with E-state index in [9.17, 15) is 9.59 Å². The molecular formula is C16H16BrNO4. The molecular weight excluding hydrogens is 350 g/mol. The Morgan fingerprint density at radius 1 is 1.18 bits per heavy atom. The fourth-order valence-electron chi connectivity index (χ4n) is 1.76. The number of H-pyrrole nitrogens is 1. The molecule has 0 fully saturated rings. The standard InChI is InChI=1S/C16H16BrNO4/c17-12-4-1-5-13(10-12)21-9-3-7-16(20)22-11-15(19)14-6-2-8-18-14/h1-2,4-6,8,10,18H,3,7,9,11H2. The van der Waals surface area contributed by atoms with Gasteiger partial charge in [0, 0.05) is 17.1 Å². The molecule has 116 valence electrons. The summed E-state index contributed by atoms with van der Waals surface area (Å²) in [5, 5.41) is 0. The van der Waals surface area contributed by atoms with Crippen LogP contribution in [0.25, 0.3) is 0 Å². The number of ketones is 1. The Balaban J connectivity index is 1.61. The fourth-order valence-corrected chi connectivity index (χ4v) is 2.14. The zero-order valence-electron chi connectivity index (χ0n) is 11.9. The first-order chi connectivity index (χ1) is 10.6. The second-order valence-corrected chi connectivity index (χ2v) is 5.49. The molecule has 2 rings (SSSR count). The number of carbonyl (C=O) groups excluding carboxylic acids is 2. The molecule has 0 aliphatic carbocycles. The van der Waals surface area contributed by atoms with E-state index in [1.165, 1.54) is 0 Å². The molecule has 0 aliphatic heterocycles. The van der Waals surface area contributed by atoms with Crippen molar-refractivity contribution >= 4 is 27.7 Å². The lowest BCUT2D eigenvalue weighted by Crippen LogP contribution is -2.15. The third-order valence-electron chi connectivity index (χ3n) is 2.85. The zero-order chi connectivity index (χ0) is 15.8. The summed E-state index contributed by atoms with van der Waals surface area (Å²) in [6, 6.07) is 10.8. The van der Waals surface area contributed by atoms with Crippen LogP contribution >= 0.6 is 15.9 Å². The number of Topliss-reactive ketones (excluding diaryl/α,β-unsaturated/α-hetero) is 1. The number of nitrogens with one attached hydrogen (secondary N) is 1. The van der Waals surface area contributed by atoms with Crippen LogP contribution in [0.4, 0.5) is 0 Å². The quantitative estimate of drug-likeness (QED) is 0.442. The van der Waals surface area contributed by atoms with Gasteiger partial charge in [-0.2, -0.15) is 0 Å². The van der Waals surface area contributed by atoms with Crippen molar-refractivity contribution < 1.29 is 19.1 Å². The van der Waals surface area contributed by atoms with Crippen molar-refractivity contribution in [2.75, 3.05) is 13.2 Å². The number of hydrogen-bond acceptors (Lipinski definition) is 4. The Morgan fingerprint density at radius 3 is 2.77 bits per heavy atom. The molecule has 0 unspecified atom stereocenters. The van der Waals surface area contributed by atoms with Crippen LogP contribution in [0, 0.1) is 0 Å². The van der Waals surface area contributed by atoms with Gasteiger partial charge in [0.1, 0.15) is 5.75 Å². The third kappa shape index (κ3) is 5.37. The number of aromatic nitrogens is 1. The van der Waals surface area contributed by atoms with Gasteiger partial charge in [0.25, 0.3) is 0 Å². The van der Waals surface area contributed by atoms with E-state index in [0.29, 0.717) is 18.7 Å². The molecule has 22 heavy (non-hydrogen) atoms. The number of esters is 1. The minimum atomic E-state index is -0.405. The van der Waals surface area contributed by atoms with E-state index < -0.39 is 5.97 Å². The van der Waals surface area contributed by atoms with Gasteiger partial charge in [0.15, 0.2) is 6.61 Å². The molecule has 0 amide bonds. The van der Waals surface area contributed by atoms with Gasteiger partial charge in [0.2, 0.25) is 5.78 Å². The summed E-state index contributed by atoms with van der Waals surface area (Å²) in [6.45, 7) is 0.169. The fraction of sp³-hybridized carbons (Fsp3) is 0.250. The highest BCUT2D eigenvalue weighted by Gasteiger charge is 2.10. The highest BCUT2D eigenvalue weighted by Crippen LogP contribution is 2.17. The molecule has 0 radical (unpaired) electrons. The summed E-state index contributed by atoms with van der Waals surface area (Å²) in [5.41, 5.74) is 0.436. The average Bonchev–Trinajstić information content (AvgIpc) is 3.04. The van der Waals surface area contributed by atoms with E-state index in [4.69, 9.17) is 9.47 Å². The van der Waals surface area contributed by atoms with Crippen molar-refractivity contribution in [1.82, 2.24) is 4.98 Å². The van der Waals surface area contributed by atoms with Gasteiger partial charge < -0.3 is 14.5 Å². The van der Waals surface area contributed by atoms with Gasteiger partial charge in [-0.05, 0) is 36.8 Å². The number of benzene rings is 1. The number of ether oxygens (including phenoxy) is 2. The first-order valence-electron chi connectivity index (χ1n) is 6.86. The van der Waals surface area contributed by atoms with E-state index >= 15 is 0 Å². The molecule has 0 spiro atoms. The lowest BCUT2D eigenvalue weighted by Gasteiger charge is -2.06. The zero-order valence-corrected chi connectivity index (χ0v) is 13.5. The number of aromatic amines is 1. The summed E-state index contributed by atoms with van der Waals surface area (Å²) in [7, 11) is 0. The van der Waals surface area contributed by atoms with Gasteiger partial charge in [-0.25, -0.2) is 0 Å². The number of rotatable bonds is 8. The van der Waals surface area contributed by atoms with E-state index in [0.717, 1.165) is 10.2 Å². The normalized spacial score (nSPS) is 10.2. The van der Waals surface area contributed by atoms with Gasteiger partial charge in [0.05, 0.1) is 12.3 Å². The SMILES string of the molecule is O=C(CCCOc1cccc(Br)c1)OCC(=O)c1ccc[nH]1. The maximum absolute atomic E-state index is 11.6. The Kier molecular flexibility index (Phi) is 6.21. The number of halogens is 1. The largest absolute Gasteiger partial charge is 0.494 e.